The third-order valence-electron chi connectivity index (χ3n) is 3.01. The molecular formula is C15H17N3O3. The fourth-order valence-corrected chi connectivity index (χ4v) is 1.96. The highest BCUT2D eigenvalue weighted by Gasteiger charge is 2.16. The topological polar surface area (TPSA) is 77.3 Å². The molecule has 0 radical (unpaired) electrons. The van der Waals surface area contributed by atoms with E-state index in [4.69, 9.17) is 4.74 Å². The van der Waals surface area contributed by atoms with E-state index < -0.39 is 4.92 Å². The van der Waals surface area contributed by atoms with Crippen molar-refractivity contribution >= 4 is 5.69 Å². The zero-order valence-electron chi connectivity index (χ0n) is 12.0. The van der Waals surface area contributed by atoms with Crippen molar-refractivity contribution in [1.82, 2.24) is 10.3 Å². The molecule has 1 N–H and O–H groups in total. The summed E-state index contributed by atoms with van der Waals surface area (Å²) in [4.78, 5) is 14.8. The Bertz CT molecular complexity index is 644. The van der Waals surface area contributed by atoms with Gasteiger partial charge in [-0.1, -0.05) is 13.0 Å². The molecule has 1 aromatic carbocycles. The molecule has 0 atom stereocenters. The van der Waals surface area contributed by atoms with Crippen LogP contribution in [0.5, 0.6) is 11.5 Å². The van der Waals surface area contributed by atoms with Gasteiger partial charge in [0, 0.05) is 18.8 Å². The lowest BCUT2D eigenvalue weighted by Gasteiger charge is -2.08. The van der Waals surface area contributed by atoms with Crippen molar-refractivity contribution in [3.05, 3.63) is 57.9 Å². The molecule has 0 amide bonds. The zero-order chi connectivity index (χ0) is 15.2. The minimum Gasteiger partial charge on any atom is -0.448 e. The lowest BCUT2D eigenvalue weighted by atomic mass is 10.1. The smallest absolute Gasteiger partial charge is 0.311 e. The molecule has 1 aromatic heterocycles. The molecule has 2 rings (SSSR count). The van der Waals surface area contributed by atoms with Crippen molar-refractivity contribution in [3.8, 4) is 11.5 Å². The highest BCUT2D eigenvalue weighted by atomic mass is 16.6. The first-order chi connectivity index (χ1) is 10.1. The summed E-state index contributed by atoms with van der Waals surface area (Å²) in [6, 6.07) is 6.80. The number of hydrogen-bond acceptors (Lipinski definition) is 5. The number of nitro benzene ring substituents is 1. The third-order valence-corrected chi connectivity index (χ3v) is 3.01. The molecule has 21 heavy (non-hydrogen) atoms. The van der Waals surface area contributed by atoms with Gasteiger partial charge in [-0.05, 0) is 36.7 Å². The van der Waals surface area contributed by atoms with Crippen LogP contribution in [-0.2, 0) is 13.0 Å². The van der Waals surface area contributed by atoms with E-state index in [0.29, 0.717) is 12.3 Å². The SMILES string of the molecule is CCc1ccc(Oc2cncc(CNC)c2)c([N+](=O)[O-])c1. The molecule has 0 aliphatic rings. The van der Waals surface area contributed by atoms with Crippen LogP contribution < -0.4 is 10.1 Å². The normalized spacial score (nSPS) is 10.4. The Labute approximate surface area is 122 Å². The van der Waals surface area contributed by atoms with Crippen molar-refractivity contribution in [3.63, 3.8) is 0 Å². The average Bonchev–Trinajstić information content (AvgIpc) is 2.48. The van der Waals surface area contributed by atoms with Crippen LogP contribution in [-0.4, -0.2) is 17.0 Å². The van der Waals surface area contributed by atoms with E-state index in [0.717, 1.165) is 17.5 Å². The van der Waals surface area contributed by atoms with E-state index in [9.17, 15) is 10.1 Å². The molecule has 0 unspecified atom stereocenters. The van der Waals surface area contributed by atoms with Gasteiger partial charge >= 0.3 is 5.69 Å². The highest BCUT2D eigenvalue weighted by Crippen LogP contribution is 2.32. The Morgan fingerprint density at radius 3 is 2.76 bits per heavy atom. The van der Waals surface area contributed by atoms with Crippen LogP contribution in [0.4, 0.5) is 5.69 Å². The van der Waals surface area contributed by atoms with Gasteiger partial charge in [0.25, 0.3) is 0 Å². The molecule has 0 bridgehead atoms. The number of nitro groups is 1. The molecule has 0 fully saturated rings. The second-order valence-electron chi connectivity index (χ2n) is 4.57. The maximum atomic E-state index is 11.1. The fraction of sp³-hybridized carbons (Fsp3) is 0.267. The summed E-state index contributed by atoms with van der Waals surface area (Å²) in [6.45, 7) is 2.60. The Kier molecular flexibility index (Phi) is 4.84. The van der Waals surface area contributed by atoms with Crippen molar-refractivity contribution in [1.29, 1.82) is 0 Å². The molecule has 6 nitrogen and oxygen atoms in total. The molecule has 0 aliphatic heterocycles. The Morgan fingerprint density at radius 1 is 1.29 bits per heavy atom. The summed E-state index contributed by atoms with van der Waals surface area (Å²) >= 11 is 0. The summed E-state index contributed by atoms with van der Waals surface area (Å²) < 4.78 is 5.63. The number of hydrogen-bond donors (Lipinski definition) is 1. The molecule has 0 saturated carbocycles. The number of pyridine rings is 1. The largest absolute Gasteiger partial charge is 0.448 e. The summed E-state index contributed by atoms with van der Waals surface area (Å²) in [5.41, 5.74) is 1.81. The van der Waals surface area contributed by atoms with Crippen LogP contribution in [0.25, 0.3) is 0 Å². The van der Waals surface area contributed by atoms with E-state index in [-0.39, 0.29) is 11.4 Å². The van der Waals surface area contributed by atoms with Crippen LogP contribution in [0.2, 0.25) is 0 Å². The minimum absolute atomic E-state index is 0.0339. The number of nitrogens with zero attached hydrogens (tertiary/aromatic N) is 2. The van der Waals surface area contributed by atoms with Gasteiger partial charge in [-0.25, -0.2) is 0 Å². The van der Waals surface area contributed by atoms with E-state index in [1.807, 2.05) is 20.0 Å². The van der Waals surface area contributed by atoms with Crippen LogP contribution >= 0.6 is 0 Å². The second kappa shape index (κ2) is 6.81. The van der Waals surface area contributed by atoms with Crippen LogP contribution in [0.15, 0.2) is 36.7 Å². The number of aryl methyl sites for hydroxylation is 1. The van der Waals surface area contributed by atoms with E-state index in [1.165, 1.54) is 6.20 Å². The summed E-state index contributed by atoms with van der Waals surface area (Å²) in [6.07, 6.45) is 3.99. The van der Waals surface area contributed by atoms with Gasteiger partial charge in [-0.2, -0.15) is 0 Å². The van der Waals surface area contributed by atoms with Crippen LogP contribution in [0.1, 0.15) is 18.1 Å². The molecule has 1 heterocycles. The average molecular weight is 287 g/mol. The number of ether oxygens (including phenoxy) is 1. The van der Waals surface area contributed by atoms with E-state index in [2.05, 4.69) is 10.3 Å². The molecular weight excluding hydrogens is 270 g/mol. The first kappa shape index (κ1) is 14.9. The van der Waals surface area contributed by atoms with Crippen molar-refractivity contribution < 1.29 is 9.66 Å². The fourth-order valence-electron chi connectivity index (χ4n) is 1.96. The standard InChI is InChI=1S/C15H17N3O3/c1-3-11-4-5-15(14(7-11)18(19)20)21-13-6-12(8-16-2)9-17-10-13/h4-7,9-10,16H,3,8H2,1-2H3. The van der Waals surface area contributed by atoms with Crippen LogP contribution in [0.3, 0.4) is 0 Å². The Balaban J connectivity index is 2.30. The second-order valence-corrected chi connectivity index (χ2v) is 4.57. The van der Waals surface area contributed by atoms with E-state index >= 15 is 0 Å². The predicted molar refractivity (Wildman–Crippen MR) is 79.5 cm³/mol. The van der Waals surface area contributed by atoms with Gasteiger partial charge in [0.2, 0.25) is 5.75 Å². The summed E-state index contributed by atoms with van der Waals surface area (Å²) in [5.74, 6) is 0.704. The van der Waals surface area contributed by atoms with E-state index in [1.54, 1.807) is 24.4 Å². The molecule has 0 saturated heterocycles. The first-order valence-corrected chi connectivity index (χ1v) is 6.67. The monoisotopic (exact) mass is 287 g/mol. The molecule has 6 heteroatoms. The van der Waals surface area contributed by atoms with Gasteiger partial charge < -0.3 is 10.1 Å². The highest BCUT2D eigenvalue weighted by molar-refractivity contribution is 5.50. The molecule has 110 valence electrons. The lowest BCUT2D eigenvalue weighted by Crippen LogP contribution is -2.05. The maximum absolute atomic E-state index is 11.1. The Morgan fingerprint density at radius 2 is 2.10 bits per heavy atom. The molecule has 0 aliphatic carbocycles. The number of nitrogens with one attached hydrogen (secondary N) is 1. The van der Waals surface area contributed by atoms with Crippen molar-refractivity contribution in [2.24, 2.45) is 0 Å². The summed E-state index contributed by atoms with van der Waals surface area (Å²) in [5, 5.41) is 14.2. The summed E-state index contributed by atoms with van der Waals surface area (Å²) in [7, 11) is 1.84. The van der Waals surface area contributed by atoms with Gasteiger partial charge in [0.1, 0.15) is 5.75 Å². The molecule has 2 aromatic rings. The van der Waals surface area contributed by atoms with Crippen molar-refractivity contribution in [2.45, 2.75) is 19.9 Å². The number of benzene rings is 1. The van der Waals surface area contributed by atoms with Gasteiger partial charge in [0.15, 0.2) is 0 Å². The zero-order valence-corrected chi connectivity index (χ0v) is 12.0. The minimum atomic E-state index is -0.431. The van der Waals surface area contributed by atoms with Crippen LogP contribution in [0, 0.1) is 10.1 Å². The quantitative estimate of drug-likeness (QED) is 0.652. The maximum Gasteiger partial charge on any atom is 0.311 e. The number of rotatable bonds is 6. The number of aromatic nitrogens is 1. The molecule has 0 spiro atoms. The predicted octanol–water partition coefficient (Wildman–Crippen LogP) is 3.06. The lowest BCUT2D eigenvalue weighted by molar-refractivity contribution is -0.385. The van der Waals surface area contributed by atoms with Gasteiger partial charge in [-0.3, -0.25) is 15.1 Å². The van der Waals surface area contributed by atoms with Crippen molar-refractivity contribution in [2.75, 3.05) is 7.05 Å². The Hall–Kier alpha value is -2.47. The van der Waals surface area contributed by atoms with Gasteiger partial charge in [0.05, 0.1) is 11.1 Å². The van der Waals surface area contributed by atoms with Gasteiger partial charge in [-0.15, -0.1) is 0 Å². The first-order valence-electron chi connectivity index (χ1n) is 6.67. The third kappa shape index (κ3) is 3.76.